The number of rotatable bonds is 5. The van der Waals surface area contributed by atoms with E-state index in [-0.39, 0.29) is 5.56 Å². The van der Waals surface area contributed by atoms with Gasteiger partial charge in [-0.25, -0.2) is 4.79 Å². The summed E-state index contributed by atoms with van der Waals surface area (Å²) in [4.78, 5) is 24.3. The Balaban J connectivity index is 2.05. The molecule has 0 aliphatic rings. The molecule has 6 nitrogen and oxygen atoms in total. The lowest BCUT2D eigenvalue weighted by Crippen LogP contribution is -2.30. The molecule has 1 N–H and O–H groups in total. The van der Waals surface area contributed by atoms with Crippen molar-refractivity contribution in [2.75, 3.05) is 5.32 Å². The van der Waals surface area contributed by atoms with Gasteiger partial charge < -0.3 is 14.6 Å². The Kier molecular flexibility index (Phi) is 5.39. The predicted octanol–water partition coefficient (Wildman–Crippen LogP) is 3.38. The number of ether oxygens (including phenoxy) is 1. The van der Waals surface area contributed by atoms with Crippen LogP contribution in [0.1, 0.15) is 35.7 Å². The maximum Gasteiger partial charge on any atom is 0.344 e. The zero-order chi connectivity index (χ0) is 17.0. The Morgan fingerprint density at radius 1 is 1.39 bits per heavy atom. The second-order valence-electron chi connectivity index (χ2n) is 4.93. The molecule has 0 spiro atoms. The maximum absolute atomic E-state index is 12.2. The summed E-state index contributed by atoms with van der Waals surface area (Å²) in [6.45, 7) is 4.96. The SMILES string of the molecule is CCc1noc(C)c1C(=O)O[C@@H](C)C(=O)Nc1ccccc1Cl. The van der Waals surface area contributed by atoms with E-state index < -0.39 is 18.0 Å². The van der Waals surface area contributed by atoms with E-state index in [0.717, 1.165) is 0 Å². The molecule has 1 aromatic carbocycles. The average Bonchev–Trinajstić information content (AvgIpc) is 2.90. The standard InChI is InChI=1S/C16H17ClN2O4/c1-4-12-14(9(2)23-19-12)16(21)22-10(3)15(20)18-13-8-6-5-7-11(13)17/h5-8,10H,4H2,1-3H3,(H,18,20)/t10-/m0/s1. The normalized spacial score (nSPS) is 11.8. The Bertz CT molecular complexity index is 727. The van der Waals surface area contributed by atoms with Gasteiger partial charge in [-0.05, 0) is 32.4 Å². The Labute approximate surface area is 138 Å². The number of aryl methyl sites for hydroxylation is 2. The van der Waals surface area contributed by atoms with E-state index in [1.807, 2.05) is 6.92 Å². The molecule has 0 bridgehead atoms. The molecule has 0 saturated carbocycles. The second-order valence-corrected chi connectivity index (χ2v) is 5.34. The number of aromatic nitrogens is 1. The van der Waals surface area contributed by atoms with Gasteiger partial charge >= 0.3 is 5.97 Å². The van der Waals surface area contributed by atoms with E-state index >= 15 is 0 Å². The number of nitrogens with zero attached hydrogens (tertiary/aromatic N) is 1. The fourth-order valence-corrected chi connectivity index (χ4v) is 2.17. The van der Waals surface area contributed by atoms with Crippen molar-refractivity contribution in [2.24, 2.45) is 0 Å². The van der Waals surface area contributed by atoms with Crippen molar-refractivity contribution >= 4 is 29.2 Å². The van der Waals surface area contributed by atoms with E-state index in [2.05, 4.69) is 10.5 Å². The summed E-state index contributed by atoms with van der Waals surface area (Å²) >= 11 is 5.98. The molecular formula is C16H17ClN2O4. The number of para-hydroxylation sites is 1. The molecule has 0 aliphatic heterocycles. The second kappa shape index (κ2) is 7.28. The molecule has 1 atom stereocenters. The van der Waals surface area contributed by atoms with Crippen molar-refractivity contribution in [3.63, 3.8) is 0 Å². The van der Waals surface area contributed by atoms with Gasteiger partial charge in [-0.2, -0.15) is 0 Å². The number of hydrogen-bond donors (Lipinski definition) is 1. The maximum atomic E-state index is 12.2. The summed E-state index contributed by atoms with van der Waals surface area (Å²) in [6.07, 6.45) is -0.458. The molecule has 122 valence electrons. The number of carbonyl (C=O) groups excluding carboxylic acids is 2. The summed E-state index contributed by atoms with van der Waals surface area (Å²) < 4.78 is 10.2. The molecule has 0 aliphatic carbocycles. The first-order chi connectivity index (χ1) is 10.9. The van der Waals surface area contributed by atoms with Crippen molar-refractivity contribution in [1.29, 1.82) is 0 Å². The van der Waals surface area contributed by atoms with Crippen molar-refractivity contribution < 1.29 is 18.8 Å². The van der Waals surface area contributed by atoms with Crippen LogP contribution in [-0.4, -0.2) is 23.1 Å². The average molecular weight is 337 g/mol. The third-order valence-corrected chi connectivity index (χ3v) is 3.59. The number of hydrogen-bond acceptors (Lipinski definition) is 5. The van der Waals surface area contributed by atoms with Crippen molar-refractivity contribution in [3.8, 4) is 0 Å². The smallest absolute Gasteiger partial charge is 0.344 e. The first-order valence-corrected chi connectivity index (χ1v) is 7.53. The summed E-state index contributed by atoms with van der Waals surface area (Å²) in [7, 11) is 0. The molecule has 2 aromatic rings. The van der Waals surface area contributed by atoms with Gasteiger partial charge in [-0.3, -0.25) is 4.79 Å². The highest BCUT2D eigenvalue weighted by molar-refractivity contribution is 6.33. The molecule has 1 amide bonds. The van der Waals surface area contributed by atoms with Gasteiger partial charge in [0, 0.05) is 0 Å². The predicted molar refractivity (Wildman–Crippen MR) is 85.6 cm³/mol. The lowest BCUT2D eigenvalue weighted by atomic mass is 10.1. The molecule has 0 radical (unpaired) electrons. The molecule has 2 rings (SSSR count). The van der Waals surface area contributed by atoms with E-state index in [4.69, 9.17) is 20.9 Å². The molecule has 23 heavy (non-hydrogen) atoms. The molecule has 1 heterocycles. The minimum absolute atomic E-state index is 0.268. The van der Waals surface area contributed by atoms with Crippen molar-refractivity contribution in [1.82, 2.24) is 5.16 Å². The molecule has 7 heteroatoms. The number of nitrogens with one attached hydrogen (secondary N) is 1. The van der Waals surface area contributed by atoms with Crippen LogP contribution in [0.3, 0.4) is 0 Å². The van der Waals surface area contributed by atoms with Crippen LogP contribution in [0.5, 0.6) is 0 Å². The first kappa shape index (κ1) is 17.0. The van der Waals surface area contributed by atoms with Crippen LogP contribution >= 0.6 is 11.6 Å². The van der Waals surface area contributed by atoms with E-state index in [9.17, 15) is 9.59 Å². The highest BCUT2D eigenvalue weighted by Crippen LogP contribution is 2.21. The van der Waals surface area contributed by atoms with Crippen LogP contribution in [0.25, 0.3) is 0 Å². The summed E-state index contributed by atoms with van der Waals surface area (Å²) in [5, 5.41) is 6.81. The lowest BCUT2D eigenvalue weighted by molar-refractivity contribution is -0.123. The van der Waals surface area contributed by atoms with Crippen LogP contribution in [0.2, 0.25) is 5.02 Å². The van der Waals surface area contributed by atoms with Crippen molar-refractivity contribution in [2.45, 2.75) is 33.3 Å². The molecule has 0 unspecified atom stereocenters. The highest BCUT2D eigenvalue weighted by Gasteiger charge is 2.25. The minimum atomic E-state index is -0.988. The molecule has 1 aromatic heterocycles. The fourth-order valence-electron chi connectivity index (χ4n) is 1.99. The zero-order valence-electron chi connectivity index (χ0n) is 13.1. The van der Waals surface area contributed by atoms with Crippen LogP contribution in [0, 0.1) is 6.92 Å². The number of carbonyl (C=O) groups is 2. The number of amides is 1. The number of halogens is 1. The van der Waals surface area contributed by atoms with Gasteiger partial charge in [0.25, 0.3) is 5.91 Å². The largest absolute Gasteiger partial charge is 0.449 e. The summed E-state index contributed by atoms with van der Waals surface area (Å²) in [6, 6.07) is 6.81. The molecule has 0 saturated heterocycles. The Morgan fingerprint density at radius 2 is 2.09 bits per heavy atom. The third kappa shape index (κ3) is 3.90. The van der Waals surface area contributed by atoms with Gasteiger partial charge in [0.1, 0.15) is 11.3 Å². The van der Waals surface area contributed by atoms with Crippen LogP contribution in [0.15, 0.2) is 28.8 Å². The van der Waals surface area contributed by atoms with Crippen molar-refractivity contribution in [3.05, 3.63) is 46.3 Å². The summed E-state index contributed by atoms with van der Waals surface area (Å²) in [5.74, 6) is -0.744. The third-order valence-electron chi connectivity index (χ3n) is 3.26. The van der Waals surface area contributed by atoms with E-state index in [1.165, 1.54) is 6.92 Å². The number of anilines is 1. The van der Waals surface area contributed by atoms with E-state index in [1.54, 1.807) is 31.2 Å². The number of benzene rings is 1. The van der Waals surface area contributed by atoms with Crippen LogP contribution < -0.4 is 5.32 Å². The quantitative estimate of drug-likeness (QED) is 0.846. The van der Waals surface area contributed by atoms with E-state index in [0.29, 0.717) is 28.6 Å². The first-order valence-electron chi connectivity index (χ1n) is 7.15. The molecular weight excluding hydrogens is 320 g/mol. The van der Waals surface area contributed by atoms with Gasteiger partial charge in [-0.15, -0.1) is 0 Å². The van der Waals surface area contributed by atoms with Gasteiger partial charge in [0.15, 0.2) is 6.10 Å². The fraction of sp³-hybridized carbons (Fsp3) is 0.312. The lowest BCUT2D eigenvalue weighted by Gasteiger charge is -2.14. The van der Waals surface area contributed by atoms with Crippen LogP contribution in [0.4, 0.5) is 5.69 Å². The Morgan fingerprint density at radius 3 is 2.74 bits per heavy atom. The highest BCUT2D eigenvalue weighted by atomic mass is 35.5. The van der Waals surface area contributed by atoms with Gasteiger partial charge in [0.2, 0.25) is 0 Å². The monoisotopic (exact) mass is 336 g/mol. The topological polar surface area (TPSA) is 81.4 Å². The van der Waals surface area contributed by atoms with Crippen LogP contribution in [-0.2, 0) is 16.0 Å². The zero-order valence-corrected chi connectivity index (χ0v) is 13.8. The summed E-state index contributed by atoms with van der Waals surface area (Å²) in [5.41, 5.74) is 1.23. The molecule has 0 fully saturated rings. The number of esters is 1. The van der Waals surface area contributed by atoms with Gasteiger partial charge in [0.05, 0.1) is 16.4 Å². The Hall–Kier alpha value is -2.34. The minimum Gasteiger partial charge on any atom is -0.449 e. The van der Waals surface area contributed by atoms with Gasteiger partial charge in [-0.1, -0.05) is 35.8 Å².